The van der Waals surface area contributed by atoms with E-state index >= 15 is 0 Å². The van der Waals surface area contributed by atoms with E-state index in [2.05, 4.69) is 26.3 Å². The molecule has 1 N–H and O–H groups in total. The van der Waals surface area contributed by atoms with Crippen LogP contribution < -0.4 is 5.32 Å². The topological polar surface area (TPSA) is 57.6 Å². The van der Waals surface area contributed by atoms with Crippen LogP contribution in [0.1, 0.15) is 25.9 Å². The predicted octanol–water partition coefficient (Wildman–Crippen LogP) is 2.97. The maximum Gasteiger partial charge on any atom is 0.201 e. The minimum atomic E-state index is -0.0127. The summed E-state index contributed by atoms with van der Waals surface area (Å²) in [4.78, 5) is 24.3. The van der Waals surface area contributed by atoms with Gasteiger partial charge in [-0.15, -0.1) is 11.3 Å². The van der Waals surface area contributed by atoms with Gasteiger partial charge in [0.2, 0.25) is 5.78 Å². The van der Waals surface area contributed by atoms with Crippen LogP contribution in [0.3, 0.4) is 0 Å². The minimum Gasteiger partial charge on any atom is -0.341 e. The summed E-state index contributed by atoms with van der Waals surface area (Å²) in [5, 5.41) is 4.28. The summed E-state index contributed by atoms with van der Waals surface area (Å²) in [7, 11) is 0. The maximum absolute atomic E-state index is 12.6. The van der Waals surface area contributed by atoms with Gasteiger partial charge in [0, 0.05) is 18.2 Å². The number of thiazole rings is 1. The van der Waals surface area contributed by atoms with Crippen molar-refractivity contribution in [3.8, 4) is 0 Å². The first-order chi connectivity index (χ1) is 11.1. The standard InChI is InChI=1S/C17H16N4OS/c1-10-16(23-11(2)19-10)14(22)9-15-20-13-6-4-3-5-12(13)17-18-7-8-21(15)17/h3-6,9,20H,7-8H2,1-2H3/b15-9+. The number of amidine groups is 1. The Morgan fingerprint density at radius 2 is 2.17 bits per heavy atom. The molecule has 5 nitrogen and oxygen atoms in total. The lowest BCUT2D eigenvalue weighted by Gasteiger charge is -2.31. The number of aromatic nitrogens is 1. The number of nitrogens with one attached hydrogen (secondary N) is 1. The van der Waals surface area contributed by atoms with E-state index in [9.17, 15) is 4.79 Å². The van der Waals surface area contributed by atoms with Gasteiger partial charge in [-0.2, -0.15) is 0 Å². The lowest BCUT2D eigenvalue weighted by Crippen LogP contribution is -2.36. The fourth-order valence-electron chi connectivity index (χ4n) is 2.97. The Morgan fingerprint density at radius 3 is 2.96 bits per heavy atom. The Balaban J connectivity index is 1.74. The van der Waals surface area contributed by atoms with Crippen LogP contribution >= 0.6 is 11.3 Å². The van der Waals surface area contributed by atoms with E-state index < -0.39 is 0 Å². The second kappa shape index (κ2) is 5.31. The average molecular weight is 324 g/mol. The number of carbonyl (C=O) groups excluding carboxylic acids is 1. The van der Waals surface area contributed by atoms with Crippen molar-refractivity contribution < 1.29 is 4.79 Å². The van der Waals surface area contributed by atoms with Crippen molar-refractivity contribution in [2.45, 2.75) is 13.8 Å². The quantitative estimate of drug-likeness (QED) is 0.681. The van der Waals surface area contributed by atoms with Crippen LogP contribution in [0.5, 0.6) is 0 Å². The van der Waals surface area contributed by atoms with E-state index in [1.165, 1.54) is 11.3 Å². The highest BCUT2D eigenvalue weighted by atomic mass is 32.1. The SMILES string of the molecule is Cc1nc(C)c(C(=O)/C=C2\Nc3ccccc3C3=NCCN32)s1. The van der Waals surface area contributed by atoms with Crippen molar-refractivity contribution in [3.05, 3.63) is 57.3 Å². The highest BCUT2D eigenvalue weighted by molar-refractivity contribution is 7.13. The Hall–Kier alpha value is -2.47. The molecule has 1 aromatic heterocycles. The summed E-state index contributed by atoms with van der Waals surface area (Å²) < 4.78 is 0. The maximum atomic E-state index is 12.6. The van der Waals surface area contributed by atoms with E-state index in [0.29, 0.717) is 4.88 Å². The Morgan fingerprint density at radius 1 is 1.35 bits per heavy atom. The number of anilines is 1. The first kappa shape index (κ1) is 14.1. The molecular formula is C17H16N4OS. The zero-order chi connectivity index (χ0) is 16.0. The van der Waals surface area contributed by atoms with Gasteiger partial charge in [0.1, 0.15) is 11.7 Å². The van der Waals surface area contributed by atoms with Crippen molar-refractivity contribution in [2.75, 3.05) is 18.4 Å². The van der Waals surface area contributed by atoms with Crippen LogP contribution in [0.25, 0.3) is 0 Å². The average Bonchev–Trinajstić information content (AvgIpc) is 3.14. The number of aliphatic imine (C=N–C) groups is 1. The van der Waals surface area contributed by atoms with E-state index in [4.69, 9.17) is 0 Å². The van der Waals surface area contributed by atoms with E-state index in [0.717, 1.165) is 46.7 Å². The van der Waals surface area contributed by atoms with Crippen LogP contribution in [-0.4, -0.2) is 34.6 Å². The molecule has 2 aromatic rings. The van der Waals surface area contributed by atoms with Crippen molar-refractivity contribution in [1.29, 1.82) is 0 Å². The molecule has 0 bridgehead atoms. The first-order valence-corrected chi connectivity index (χ1v) is 8.33. The number of rotatable bonds is 2. The third kappa shape index (κ3) is 2.35. The summed E-state index contributed by atoms with van der Waals surface area (Å²) in [6, 6.07) is 8.04. The number of hydrogen-bond donors (Lipinski definition) is 1. The fraction of sp³-hybridized carbons (Fsp3) is 0.235. The Kier molecular flexibility index (Phi) is 3.27. The molecule has 23 heavy (non-hydrogen) atoms. The molecule has 1 aromatic carbocycles. The van der Waals surface area contributed by atoms with Crippen LogP contribution in [0, 0.1) is 13.8 Å². The van der Waals surface area contributed by atoms with Gasteiger partial charge in [-0.1, -0.05) is 12.1 Å². The molecule has 2 aliphatic heterocycles. The number of para-hydroxylation sites is 1. The summed E-state index contributed by atoms with van der Waals surface area (Å²) in [5.41, 5.74) is 2.86. The zero-order valence-corrected chi connectivity index (χ0v) is 13.8. The largest absolute Gasteiger partial charge is 0.341 e. The number of carbonyl (C=O) groups is 1. The molecule has 0 amide bonds. The van der Waals surface area contributed by atoms with Crippen molar-refractivity contribution in [1.82, 2.24) is 9.88 Å². The van der Waals surface area contributed by atoms with Crippen LogP contribution in [0.4, 0.5) is 5.69 Å². The molecule has 0 saturated heterocycles. The monoisotopic (exact) mass is 324 g/mol. The lowest BCUT2D eigenvalue weighted by atomic mass is 10.1. The van der Waals surface area contributed by atoms with Crippen LogP contribution in [-0.2, 0) is 0 Å². The Bertz CT molecular complexity index is 865. The Labute approximate surface area is 138 Å². The van der Waals surface area contributed by atoms with Crippen molar-refractivity contribution in [2.24, 2.45) is 4.99 Å². The molecular weight excluding hydrogens is 308 g/mol. The third-order valence-electron chi connectivity index (χ3n) is 3.96. The molecule has 3 heterocycles. The molecule has 0 fully saturated rings. The highest BCUT2D eigenvalue weighted by Gasteiger charge is 2.29. The number of aryl methyl sites for hydroxylation is 2. The summed E-state index contributed by atoms with van der Waals surface area (Å²) >= 11 is 1.44. The van der Waals surface area contributed by atoms with Gasteiger partial charge in [-0.05, 0) is 26.0 Å². The number of hydrogen-bond acceptors (Lipinski definition) is 6. The third-order valence-corrected chi connectivity index (χ3v) is 5.04. The summed E-state index contributed by atoms with van der Waals surface area (Å²) in [6.45, 7) is 5.33. The van der Waals surface area contributed by atoms with Gasteiger partial charge in [0.05, 0.1) is 27.8 Å². The second-order valence-electron chi connectivity index (χ2n) is 5.57. The van der Waals surface area contributed by atoms with E-state index in [1.807, 2.05) is 32.0 Å². The van der Waals surface area contributed by atoms with Gasteiger partial charge >= 0.3 is 0 Å². The molecule has 0 unspecified atom stereocenters. The first-order valence-electron chi connectivity index (χ1n) is 7.52. The molecule has 0 spiro atoms. The molecule has 2 aliphatic rings. The number of fused-ring (bicyclic) bond motifs is 3. The van der Waals surface area contributed by atoms with E-state index in [-0.39, 0.29) is 5.78 Å². The van der Waals surface area contributed by atoms with Crippen LogP contribution in [0.2, 0.25) is 0 Å². The second-order valence-corrected chi connectivity index (χ2v) is 6.77. The molecule has 0 radical (unpaired) electrons. The zero-order valence-electron chi connectivity index (χ0n) is 13.0. The lowest BCUT2D eigenvalue weighted by molar-refractivity contribution is 0.104. The molecule has 4 rings (SSSR count). The smallest absolute Gasteiger partial charge is 0.201 e. The predicted molar refractivity (Wildman–Crippen MR) is 92.2 cm³/mol. The van der Waals surface area contributed by atoms with Crippen molar-refractivity contribution >= 4 is 28.6 Å². The number of nitrogens with zero attached hydrogens (tertiary/aromatic N) is 3. The van der Waals surface area contributed by atoms with Gasteiger partial charge in [-0.25, -0.2) is 4.98 Å². The number of ketones is 1. The highest BCUT2D eigenvalue weighted by Crippen LogP contribution is 2.30. The molecule has 0 atom stereocenters. The van der Waals surface area contributed by atoms with Gasteiger partial charge in [0.25, 0.3) is 0 Å². The van der Waals surface area contributed by atoms with Gasteiger partial charge in [0.15, 0.2) is 0 Å². The molecule has 116 valence electrons. The van der Waals surface area contributed by atoms with Crippen LogP contribution in [0.15, 0.2) is 41.2 Å². The van der Waals surface area contributed by atoms with Gasteiger partial charge < -0.3 is 10.2 Å². The fourth-order valence-corrected chi connectivity index (χ4v) is 3.80. The molecule has 0 saturated carbocycles. The number of benzene rings is 1. The molecule has 0 aliphatic carbocycles. The summed E-state index contributed by atoms with van der Waals surface area (Å²) in [5.74, 6) is 1.72. The minimum absolute atomic E-state index is 0.0127. The van der Waals surface area contributed by atoms with Crippen molar-refractivity contribution in [3.63, 3.8) is 0 Å². The molecule has 6 heteroatoms. The van der Waals surface area contributed by atoms with Gasteiger partial charge in [-0.3, -0.25) is 9.79 Å². The normalized spacial score (nSPS) is 17.6. The number of allylic oxidation sites excluding steroid dienone is 1. The summed E-state index contributed by atoms with van der Waals surface area (Å²) in [6.07, 6.45) is 1.66. The van der Waals surface area contributed by atoms with E-state index in [1.54, 1.807) is 6.08 Å².